The second kappa shape index (κ2) is 8.13. The molecule has 2 N–H and O–H groups in total. The monoisotopic (exact) mass is 452 g/mol. The minimum atomic E-state index is 0.271. The first-order valence-corrected chi connectivity index (χ1v) is 10.4. The summed E-state index contributed by atoms with van der Waals surface area (Å²) in [6.45, 7) is 0.271. The Morgan fingerprint density at radius 2 is 1.90 bits per heavy atom. The topological polar surface area (TPSA) is 75.8 Å². The number of hydrogen-bond donors (Lipinski definition) is 2. The van der Waals surface area contributed by atoms with Crippen LogP contribution in [0.1, 0.15) is 17.0 Å². The lowest BCUT2D eigenvalue weighted by Gasteiger charge is -2.13. The molecule has 0 aliphatic heterocycles. The number of ether oxygens (including phenoxy) is 2. The fraction of sp³-hybridized carbons (Fsp3) is 0.130. The fourth-order valence-corrected chi connectivity index (χ4v) is 3.97. The van der Waals surface area contributed by atoms with Crippen molar-refractivity contribution in [3.8, 4) is 11.5 Å². The van der Waals surface area contributed by atoms with Crippen LogP contribution in [0.25, 0.3) is 22.1 Å². The molecule has 0 aliphatic carbocycles. The number of nitrogens with one attached hydrogen (secondary N) is 2. The van der Waals surface area contributed by atoms with Gasteiger partial charge in [0.25, 0.3) is 0 Å². The number of hydrogen-bond acceptors (Lipinski definition) is 4. The molecule has 5 aromatic rings. The van der Waals surface area contributed by atoms with Gasteiger partial charge in [0.05, 0.1) is 23.2 Å². The van der Waals surface area contributed by atoms with Crippen molar-refractivity contribution in [3.05, 3.63) is 81.9 Å². The first kappa shape index (κ1) is 19.7. The van der Waals surface area contributed by atoms with Gasteiger partial charge in [-0.05, 0) is 35.4 Å². The lowest BCUT2D eigenvalue weighted by molar-refractivity contribution is 0.277. The van der Waals surface area contributed by atoms with Crippen LogP contribution in [0.3, 0.4) is 0 Å². The van der Waals surface area contributed by atoms with E-state index in [0.717, 1.165) is 39.0 Å². The number of imidazole rings is 1. The number of rotatable bonds is 6. The van der Waals surface area contributed by atoms with Crippen LogP contribution in [0, 0.1) is 0 Å². The van der Waals surface area contributed by atoms with E-state index < -0.39 is 0 Å². The number of pyridine rings is 1. The van der Waals surface area contributed by atoms with E-state index in [1.54, 1.807) is 19.4 Å². The second-order valence-corrected chi connectivity index (χ2v) is 7.97. The van der Waals surface area contributed by atoms with E-state index in [9.17, 15) is 0 Å². The van der Waals surface area contributed by atoms with Crippen LogP contribution in [0.4, 0.5) is 0 Å². The molecule has 0 spiro atoms. The SMILES string of the molecule is COc1cc(Cc2c[nH]c3ncc(Cl)cc23)c(Cl)cc1OCc1nc2ccccc2[nH]1. The van der Waals surface area contributed by atoms with E-state index in [1.807, 2.05) is 42.6 Å². The molecule has 5 rings (SSSR count). The van der Waals surface area contributed by atoms with Crippen LogP contribution in [-0.2, 0) is 13.0 Å². The van der Waals surface area contributed by atoms with Gasteiger partial charge in [0.1, 0.15) is 18.1 Å². The molecule has 0 saturated heterocycles. The number of fused-ring (bicyclic) bond motifs is 2. The predicted molar refractivity (Wildman–Crippen MR) is 122 cm³/mol. The van der Waals surface area contributed by atoms with E-state index in [1.165, 1.54) is 0 Å². The van der Waals surface area contributed by atoms with Gasteiger partial charge in [0, 0.05) is 35.3 Å². The summed E-state index contributed by atoms with van der Waals surface area (Å²) in [6, 6.07) is 13.4. The third-order valence-electron chi connectivity index (χ3n) is 5.10. The van der Waals surface area contributed by atoms with Crippen molar-refractivity contribution in [1.29, 1.82) is 0 Å². The molecular formula is C23H18Cl2N4O2. The Hall–Kier alpha value is -3.22. The van der Waals surface area contributed by atoms with Gasteiger partial charge in [-0.3, -0.25) is 0 Å². The van der Waals surface area contributed by atoms with Crippen LogP contribution >= 0.6 is 23.2 Å². The summed E-state index contributed by atoms with van der Waals surface area (Å²) in [4.78, 5) is 15.3. The lowest BCUT2D eigenvalue weighted by Crippen LogP contribution is -2.01. The normalized spacial score (nSPS) is 11.3. The third-order valence-corrected chi connectivity index (χ3v) is 5.66. The minimum absolute atomic E-state index is 0.271. The quantitative estimate of drug-likeness (QED) is 0.335. The number of benzene rings is 2. The van der Waals surface area contributed by atoms with Crippen molar-refractivity contribution in [1.82, 2.24) is 19.9 Å². The van der Waals surface area contributed by atoms with Crippen molar-refractivity contribution in [2.24, 2.45) is 0 Å². The first-order valence-electron chi connectivity index (χ1n) is 9.65. The third kappa shape index (κ3) is 3.92. The molecule has 0 fully saturated rings. The van der Waals surface area contributed by atoms with Crippen LogP contribution in [0.15, 0.2) is 54.9 Å². The standard InChI is InChI=1S/C23H18Cl2N4O2/c1-30-20-7-13(6-14-10-26-23-16(14)8-15(24)11-27-23)17(25)9-21(20)31-12-22-28-18-4-2-3-5-19(18)29-22/h2-5,7-11H,6,12H2,1H3,(H,26,27)(H,28,29). The Morgan fingerprint density at radius 1 is 1.03 bits per heavy atom. The summed E-state index contributed by atoms with van der Waals surface area (Å²) in [5.74, 6) is 1.89. The number of halogens is 2. The highest BCUT2D eigenvalue weighted by Crippen LogP contribution is 2.35. The summed E-state index contributed by atoms with van der Waals surface area (Å²) >= 11 is 12.7. The number of nitrogens with zero attached hydrogens (tertiary/aromatic N) is 2. The largest absolute Gasteiger partial charge is 0.493 e. The second-order valence-electron chi connectivity index (χ2n) is 7.12. The number of methoxy groups -OCH3 is 1. The highest BCUT2D eigenvalue weighted by molar-refractivity contribution is 6.31. The van der Waals surface area contributed by atoms with E-state index in [-0.39, 0.29) is 6.61 Å². The van der Waals surface area contributed by atoms with Gasteiger partial charge in [-0.2, -0.15) is 0 Å². The molecule has 6 nitrogen and oxygen atoms in total. The fourth-order valence-electron chi connectivity index (χ4n) is 3.59. The van der Waals surface area contributed by atoms with Crippen molar-refractivity contribution in [3.63, 3.8) is 0 Å². The van der Waals surface area contributed by atoms with E-state index >= 15 is 0 Å². The van der Waals surface area contributed by atoms with Gasteiger partial charge in [0.15, 0.2) is 11.5 Å². The van der Waals surface area contributed by atoms with Crippen LogP contribution in [0.2, 0.25) is 10.0 Å². The van der Waals surface area contributed by atoms with Gasteiger partial charge in [-0.25, -0.2) is 9.97 Å². The summed E-state index contributed by atoms with van der Waals surface area (Å²) in [5, 5.41) is 2.14. The van der Waals surface area contributed by atoms with Gasteiger partial charge < -0.3 is 19.4 Å². The highest BCUT2D eigenvalue weighted by atomic mass is 35.5. The zero-order valence-electron chi connectivity index (χ0n) is 16.6. The van der Waals surface area contributed by atoms with Gasteiger partial charge in [0.2, 0.25) is 0 Å². The zero-order chi connectivity index (χ0) is 21.4. The molecule has 0 aliphatic rings. The van der Waals surface area contributed by atoms with Crippen molar-refractivity contribution in [2.75, 3.05) is 7.11 Å². The molecule has 0 amide bonds. The van der Waals surface area contributed by atoms with Gasteiger partial charge in [-0.15, -0.1) is 0 Å². The maximum atomic E-state index is 6.59. The predicted octanol–water partition coefficient (Wildman–Crippen LogP) is 5.92. The van der Waals surface area contributed by atoms with E-state index in [2.05, 4.69) is 19.9 Å². The molecule has 3 aromatic heterocycles. The van der Waals surface area contributed by atoms with Gasteiger partial charge >= 0.3 is 0 Å². The Labute approximate surface area is 188 Å². The number of H-pyrrole nitrogens is 2. The number of aromatic nitrogens is 4. The molecule has 0 atom stereocenters. The van der Waals surface area contributed by atoms with Crippen LogP contribution in [0.5, 0.6) is 11.5 Å². The summed E-state index contributed by atoms with van der Waals surface area (Å²) in [7, 11) is 1.61. The molecule has 3 heterocycles. The van der Waals surface area contributed by atoms with Crippen molar-refractivity contribution >= 4 is 45.3 Å². The minimum Gasteiger partial charge on any atom is -0.493 e. The Morgan fingerprint density at radius 3 is 2.74 bits per heavy atom. The zero-order valence-corrected chi connectivity index (χ0v) is 18.1. The average Bonchev–Trinajstić information content (AvgIpc) is 3.37. The Balaban J connectivity index is 1.39. The summed E-state index contributed by atoms with van der Waals surface area (Å²) in [6.07, 6.45) is 4.14. The lowest BCUT2D eigenvalue weighted by atomic mass is 10.0. The molecule has 31 heavy (non-hydrogen) atoms. The maximum Gasteiger partial charge on any atom is 0.163 e. The molecule has 0 saturated carbocycles. The molecule has 0 radical (unpaired) electrons. The summed E-state index contributed by atoms with van der Waals surface area (Å²) in [5.41, 5.74) is 4.61. The molecule has 0 bridgehead atoms. The van der Waals surface area contributed by atoms with E-state index in [0.29, 0.717) is 28.0 Å². The first-order chi connectivity index (χ1) is 15.1. The van der Waals surface area contributed by atoms with Gasteiger partial charge in [-0.1, -0.05) is 35.3 Å². The Bertz CT molecular complexity index is 1360. The van der Waals surface area contributed by atoms with Crippen molar-refractivity contribution in [2.45, 2.75) is 13.0 Å². The molecular weight excluding hydrogens is 435 g/mol. The Kier molecular flexibility index (Phi) is 5.18. The summed E-state index contributed by atoms with van der Waals surface area (Å²) < 4.78 is 11.5. The molecule has 8 heteroatoms. The average molecular weight is 453 g/mol. The van der Waals surface area contributed by atoms with Crippen molar-refractivity contribution < 1.29 is 9.47 Å². The maximum absolute atomic E-state index is 6.59. The smallest absolute Gasteiger partial charge is 0.163 e. The van der Waals surface area contributed by atoms with E-state index in [4.69, 9.17) is 32.7 Å². The highest BCUT2D eigenvalue weighted by Gasteiger charge is 2.14. The molecule has 2 aromatic carbocycles. The molecule has 0 unspecified atom stereocenters. The number of para-hydroxylation sites is 2. The van der Waals surface area contributed by atoms with Crippen LogP contribution < -0.4 is 9.47 Å². The molecule has 156 valence electrons. The number of aromatic amines is 2. The van der Waals surface area contributed by atoms with Crippen LogP contribution in [-0.4, -0.2) is 27.0 Å².